The highest BCUT2D eigenvalue weighted by Gasteiger charge is 2.21. The van der Waals surface area contributed by atoms with E-state index in [-0.39, 0.29) is 5.82 Å². The third kappa shape index (κ3) is 8.45. The van der Waals surface area contributed by atoms with Crippen molar-refractivity contribution in [1.82, 2.24) is 4.90 Å². The largest absolute Gasteiger partial charge is 0.378 e. The Morgan fingerprint density at radius 2 is 2.06 bits per heavy atom. The van der Waals surface area contributed by atoms with Crippen LogP contribution in [-0.2, 0) is 4.74 Å². The maximum absolute atomic E-state index is 13.8. The minimum Gasteiger partial charge on any atom is -0.378 e. The Bertz CT molecular complexity index is 1020. The highest BCUT2D eigenvalue weighted by atomic mass is 32.2. The van der Waals surface area contributed by atoms with Gasteiger partial charge in [-0.05, 0) is 59.8 Å². The maximum atomic E-state index is 13.8. The zero-order valence-electron chi connectivity index (χ0n) is 22.6. The summed E-state index contributed by atoms with van der Waals surface area (Å²) < 4.78 is 19.3. The van der Waals surface area contributed by atoms with Crippen molar-refractivity contribution in [3.63, 3.8) is 0 Å². The van der Waals surface area contributed by atoms with Crippen molar-refractivity contribution >= 4 is 29.5 Å². The van der Waals surface area contributed by atoms with Crippen molar-refractivity contribution in [2.75, 3.05) is 32.2 Å². The molecule has 0 aliphatic carbocycles. The Morgan fingerprint density at radius 3 is 2.72 bits per heavy atom. The van der Waals surface area contributed by atoms with Crippen LogP contribution in [0.5, 0.6) is 0 Å². The number of thioether (sulfide) groups is 1. The van der Waals surface area contributed by atoms with E-state index in [2.05, 4.69) is 51.7 Å². The molecule has 2 heterocycles. The SMILES string of the molecule is CC=C(SCN=C1CC(CC)=C(/C=C/c2cccc(F)c2)C(C)CCC(N2CCOCC2)=N1)C(C)C. The molecule has 36 heavy (non-hydrogen) atoms. The summed E-state index contributed by atoms with van der Waals surface area (Å²) in [5.74, 6) is 3.39. The number of hydrogen-bond acceptors (Lipinski definition) is 4. The zero-order valence-corrected chi connectivity index (χ0v) is 23.4. The molecule has 1 aromatic rings. The van der Waals surface area contributed by atoms with Crippen LogP contribution < -0.4 is 0 Å². The van der Waals surface area contributed by atoms with Crippen molar-refractivity contribution in [3.05, 3.63) is 63.8 Å². The van der Waals surface area contributed by atoms with Gasteiger partial charge in [-0.3, -0.25) is 4.99 Å². The summed E-state index contributed by atoms with van der Waals surface area (Å²) in [5, 5.41) is 0. The van der Waals surface area contributed by atoms with Crippen LogP contribution in [0.2, 0.25) is 0 Å². The number of morpholine rings is 1. The van der Waals surface area contributed by atoms with Gasteiger partial charge in [0.05, 0.1) is 19.1 Å². The van der Waals surface area contributed by atoms with E-state index in [1.807, 2.05) is 12.1 Å². The molecule has 0 radical (unpaired) electrons. The van der Waals surface area contributed by atoms with Crippen LogP contribution in [-0.4, -0.2) is 48.8 Å². The van der Waals surface area contributed by atoms with E-state index >= 15 is 0 Å². The Balaban J connectivity index is 1.93. The normalized spacial score (nSPS) is 21.7. The van der Waals surface area contributed by atoms with E-state index in [9.17, 15) is 4.39 Å². The van der Waals surface area contributed by atoms with E-state index in [4.69, 9.17) is 14.7 Å². The first-order valence-electron chi connectivity index (χ1n) is 13.3. The number of ether oxygens (including phenoxy) is 1. The molecule has 1 aromatic carbocycles. The van der Waals surface area contributed by atoms with Crippen LogP contribution in [0, 0.1) is 17.7 Å². The number of halogens is 1. The minimum absolute atomic E-state index is 0.207. The molecule has 3 rings (SSSR count). The van der Waals surface area contributed by atoms with E-state index < -0.39 is 0 Å². The molecule has 0 N–H and O–H groups in total. The molecule has 2 aliphatic heterocycles. The molecule has 1 atom stereocenters. The summed E-state index contributed by atoms with van der Waals surface area (Å²) >= 11 is 1.80. The molecule has 6 heteroatoms. The predicted molar refractivity (Wildman–Crippen MR) is 154 cm³/mol. The highest BCUT2D eigenvalue weighted by Crippen LogP contribution is 2.30. The van der Waals surface area contributed by atoms with Crippen molar-refractivity contribution < 1.29 is 9.13 Å². The van der Waals surface area contributed by atoms with Crippen LogP contribution in [0.15, 0.2) is 62.5 Å². The lowest BCUT2D eigenvalue weighted by Crippen LogP contribution is -2.41. The second-order valence-corrected chi connectivity index (χ2v) is 10.8. The second-order valence-electron chi connectivity index (χ2n) is 9.74. The Morgan fingerprint density at radius 1 is 1.28 bits per heavy atom. The lowest BCUT2D eigenvalue weighted by atomic mass is 9.88. The Labute approximate surface area is 221 Å². The molecular formula is C30H42FN3OS. The molecular weight excluding hydrogens is 469 g/mol. The van der Waals surface area contributed by atoms with Crippen LogP contribution in [0.1, 0.15) is 65.9 Å². The smallest absolute Gasteiger partial charge is 0.130 e. The number of benzene rings is 1. The molecule has 0 spiro atoms. The molecule has 0 aromatic heterocycles. The summed E-state index contributed by atoms with van der Waals surface area (Å²) in [6, 6.07) is 6.78. The fourth-order valence-electron chi connectivity index (χ4n) is 4.70. The summed E-state index contributed by atoms with van der Waals surface area (Å²) in [5.41, 5.74) is 3.58. The number of aliphatic imine (C=N–C) groups is 2. The molecule has 196 valence electrons. The molecule has 1 unspecified atom stereocenters. The van der Waals surface area contributed by atoms with Gasteiger partial charge in [-0.25, -0.2) is 9.38 Å². The third-order valence-electron chi connectivity index (χ3n) is 6.81. The van der Waals surface area contributed by atoms with Crippen molar-refractivity contribution in [1.29, 1.82) is 0 Å². The second kappa shape index (κ2) is 14.5. The van der Waals surface area contributed by atoms with Gasteiger partial charge in [-0.1, -0.05) is 63.6 Å². The van der Waals surface area contributed by atoms with Crippen LogP contribution >= 0.6 is 11.8 Å². The van der Waals surface area contributed by atoms with Crippen LogP contribution in [0.4, 0.5) is 4.39 Å². The average molecular weight is 512 g/mol. The summed E-state index contributed by atoms with van der Waals surface area (Å²) in [6.45, 7) is 14.3. The van der Waals surface area contributed by atoms with Gasteiger partial charge in [0.25, 0.3) is 0 Å². The fraction of sp³-hybridized carbons (Fsp3) is 0.533. The molecule has 0 bridgehead atoms. The summed E-state index contributed by atoms with van der Waals surface area (Å²) in [6.07, 6.45) is 10.0. The number of allylic oxidation sites excluding steroid dienone is 4. The molecule has 2 aliphatic rings. The van der Waals surface area contributed by atoms with Crippen molar-refractivity contribution in [3.8, 4) is 0 Å². The topological polar surface area (TPSA) is 37.2 Å². The van der Waals surface area contributed by atoms with Gasteiger partial charge >= 0.3 is 0 Å². The minimum atomic E-state index is -0.207. The number of hydrogen-bond donors (Lipinski definition) is 0. The van der Waals surface area contributed by atoms with Gasteiger partial charge in [-0.15, -0.1) is 11.8 Å². The van der Waals surface area contributed by atoms with Gasteiger partial charge in [0.15, 0.2) is 0 Å². The molecule has 4 nitrogen and oxygen atoms in total. The molecule has 1 saturated heterocycles. The van der Waals surface area contributed by atoms with Gasteiger partial charge in [0, 0.05) is 25.9 Å². The summed E-state index contributed by atoms with van der Waals surface area (Å²) in [4.78, 5) is 13.9. The predicted octanol–water partition coefficient (Wildman–Crippen LogP) is 7.75. The third-order valence-corrected chi connectivity index (χ3v) is 8.11. The Kier molecular flexibility index (Phi) is 11.5. The first-order valence-corrected chi connectivity index (χ1v) is 14.3. The summed E-state index contributed by atoms with van der Waals surface area (Å²) in [7, 11) is 0. The van der Waals surface area contributed by atoms with E-state index in [1.54, 1.807) is 23.9 Å². The Hall–Kier alpha value is -2.18. The number of nitrogens with zero attached hydrogens (tertiary/aromatic N) is 3. The first-order chi connectivity index (χ1) is 17.4. The zero-order chi connectivity index (χ0) is 25.9. The van der Waals surface area contributed by atoms with Crippen molar-refractivity contribution in [2.45, 2.75) is 60.3 Å². The number of amidine groups is 2. The first kappa shape index (κ1) is 28.4. The molecule has 0 amide bonds. The van der Waals surface area contributed by atoms with E-state index in [1.165, 1.54) is 22.1 Å². The monoisotopic (exact) mass is 511 g/mol. The van der Waals surface area contributed by atoms with E-state index in [0.29, 0.717) is 17.7 Å². The van der Waals surface area contributed by atoms with Crippen LogP contribution in [0.25, 0.3) is 6.08 Å². The van der Waals surface area contributed by atoms with Crippen molar-refractivity contribution in [2.24, 2.45) is 21.8 Å². The van der Waals surface area contributed by atoms with Gasteiger partial charge in [0.1, 0.15) is 17.5 Å². The molecule has 0 saturated carbocycles. The lowest BCUT2D eigenvalue weighted by molar-refractivity contribution is 0.0671. The van der Waals surface area contributed by atoms with Gasteiger partial charge < -0.3 is 9.64 Å². The lowest BCUT2D eigenvalue weighted by Gasteiger charge is -2.30. The average Bonchev–Trinajstić information content (AvgIpc) is 2.94. The fourth-order valence-corrected chi connectivity index (χ4v) is 5.56. The highest BCUT2D eigenvalue weighted by molar-refractivity contribution is 8.03. The van der Waals surface area contributed by atoms with Gasteiger partial charge in [-0.2, -0.15) is 0 Å². The number of rotatable bonds is 7. The molecule has 1 fully saturated rings. The van der Waals surface area contributed by atoms with E-state index in [0.717, 1.165) is 69.2 Å². The van der Waals surface area contributed by atoms with Gasteiger partial charge in [0.2, 0.25) is 0 Å². The quantitative estimate of drug-likeness (QED) is 0.376. The van der Waals surface area contributed by atoms with Crippen LogP contribution in [0.3, 0.4) is 0 Å². The maximum Gasteiger partial charge on any atom is 0.130 e. The standard InChI is InChI=1S/C30H42FN3OS/c1-6-25-20-29(32-21-36-28(7-2)22(3)4)33-30(34-15-17-35-18-16-34)14-11-23(5)27(25)13-12-24-9-8-10-26(31)19-24/h7-10,12-13,19,22-23H,6,11,14-18,20-21H2,1-5H3/b13-12+,27-25?,28-7?,32-29?,33-30?.